The van der Waals surface area contributed by atoms with Crippen LogP contribution in [-0.4, -0.2) is 68.7 Å². The first-order valence-corrected chi connectivity index (χ1v) is 12.7. The molecule has 0 amide bonds. The number of alkyl halides is 2. The molecule has 0 aliphatic carbocycles. The van der Waals surface area contributed by atoms with Crippen molar-refractivity contribution in [3.8, 4) is 23.0 Å². The Labute approximate surface area is 228 Å². The summed E-state index contributed by atoms with van der Waals surface area (Å²) >= 11 is 0. The van der Waals surface area contributed by atoms with Crippen LogP contribution in [0, 0.1) is 6.92 Å². The summed E-state index contributed by atoms with van der Waals surface area (Å²) in [6.45, 7) is 2.04. The predicted molar refractivity (Wildman–Crippen MR) is 145 cm³/mol. The number of nitrogens with zero attached hydrogens (tertiary/aromatic N) is 6. The van der Waals surface area contributed by atoms with Crippen molar-refractivity contribution < 1.29 is 23.0 Å². The normalized spacial score (nSPS) is 17.2. The van der Waals surface area contributed by atoms with Crippen LogP contribution in [0.25, 0.3) is 16.6 Å². The number of ether oxygens (including phenoxy) is 3. The zero-order valence-corrected chi connectivity index (χ0v) is 22.1. The number of piperidine rings is 1. The fourth-order valence-electron chi connectivity index (χ4n) is 4.82. The first kappa shape index (κ1) is 25.7. The molecule has 1 aliphatic heterocycles. The van der Waals surface area contributed by atoms with Crippen LogP contribution in [0.1, 0.15) is 12.0 Å². The van der Waals surface area contributed by atoms with Crippen LogP contribution in [0.15, 0.2) is 61.3 Å². The Balaban J connectivity index is 1.31. The van der Waals surface area contributed by atoms with Gasteiger partial charge in [-0.05, 0) is 55.9 Å². The van der Waals surface area contributed by atoms with E-state index in [1.165, 1.54) is 19.8 Å². The molecular weight excluding hydrogens is 520 g/mol. The van der Waals surface area contributed by atoms with Crippen LogP contribution in [0.5, 0.6) is 23.0 Å². The molecule has 10 nitrogen and oxygen atoms in total. The summed E-state index contributed by atoms with van der Waals surface area (Å²) in [6, 6.07) is 12.6. The van der Waals surface area contributed by atoms with E-state index < -0.39 is 12.0 Å². The Bertz CT molecular complexity index is 1690. The zero-order chi connectivity index (χ0) is 27.9. The van der Waals surface area contributed by atoms with Crippen molar-refractivity contribution in [2.75, 3.05) is 32.6 Å². The van der Waals surface area contributed by atoms with E-state index >= 15 is 0 Å². The molecule has 1 N–H and O–H groups in total. The van der Waals surface area contributed by atoms with Crippen molar-refractivity contribution in [2.24, 2.45) is 0 Å². The van der Waals surface area contributed by atoms with Gasteiger partial charge in [0, 0.05) is 30.9 Å². The summed E-state index contributed by atoms with van der Waals surface area (Å²) in [5, 5.41) is 7.84. The maximum atomic E-state index is 14.9. The second-order valence-corrected chi connectivity index (χ2v) is 9.74. The molecule has 5 aromatic rings. The van der Waals surface area contributed by atoms with Crippen LogP contribution in [-0.2, 0) is 0 Å². The summed E-state index contributed by atoms with van der Waals surface area (Å²) in [6.07, 6.45) is 3.53. The molecule has 0 bridgehead atoms. The van der Waals surface area contributed by atoms with Gasteiger partial charge in [-0.2, -0.15) is 5.10 Å². The van der Waals surface area contributed by atoms with Crippen molar-refractivity contribution >= 4 is 28.1 Å². The lowest BCUT2D eigenvalue weighted by atomic mass is 10.0. The lowest BCUT2D eigenvalue weighted by molar-refractivity contribution is -0.135. The van der Waals surface area contributed by atoms with Crippen molar-refractivity contribution in [3.05, 3.63) is 66.9 Å². The van der Waals surface area contributed by atoms with E-state index in [9.17, 15) is 8.78 Å². The average Bonchev–Trinajstić information content (AvgIpc) is 3.39. The minimum absolute atomic E-state index is 0.171. The Kier molecular flexibility index (Phi) is 6.54. The fraction of sp³-hybridized carbons (Fsp3) is 0.286. The quantitative estimate of drug-likeness (QED) is 0.293. The fourth-order valence-corrected chi connectivity index (χ4v) is 4.82. The van der Waals surface area contributed by atoms with E-state index in [0.717, 1.165) is 11.3 Å². The van der Waals surface area contributed by atoms with Crippen LogP contribution in [0.3, 0.4) is 0 Å². The van der Waals surface area contributed by atoms with Gasteiger partial charge in [0.15, 0.2) is 23.3 Å². The maximum absolute atomic E-state index is 14.9. The summed E-state index contributed by atoms with van der Waals surface area (Å²) in [7, 11) is 3.15. The number of benzene rings is 2. The standard InChI is InChI=1S/C28H27F2N7O3/c1-17-12-18(4-6-21(17)39-19-8-11-37-24(13-19)32-16-34-37)35-27-25-20(31-15-33-27)5-7-22(38-3)26(25)40-23-9-10-36(2)14-28(23,29)30/h4-8,11-13,15-16,23H,9-10,14H2,1-3H3,(H,31,33,35). The third kappa shape index (κ3) is 4.93. The predicted octanol–water partition coefficient (Wildman–Crippen LogP) is 5.24. The van der Waals surface area contributed by atoms with E-state index in [2.05, 4.69) is 25.4 Å². The number of nitrogens with one attached hydrogen (secondary N) is 1. The topological polar surface area (TPSA) is 98.9 Å². The molecule has 206 valence electrons. The van der Waals surface area contributed by atoms with Crippen molar-refractivity contribution in [1.29, 1.82) is 0 Å². The number of halogens is 2. The number of pyridine rings is 1. The van der Waals surface area contributed by atoms with Crippen molar-refractivity contribution in [2.45, 2.75) is 25.4 Å². The van der Waals surface area contributed by atoms with Gasteiger partial charge in [-0.3, -0.25) is 0 Å². The number of likely N-dealkylation sites (tertiary alicyclic amines) is 1. The van der Waals surface area contributed by atoms with Crippen LogP contribution >= 0.6 is 0 Å². The highest BCUT2D eigenvalue weighted by Gasteiger charge is 2.46. The first-order chi connectivity index (χ1) is 19.3. The molecule has 0 radical (unpaired) electrons. The van der Waals surface area contributed by atoms with Crippen molar-refractivity contribution in [1.82, 2.24) is 29.5 Å². The van der Waals surface area contributed by atoms with Gasteiger partial charge in [0.1, 0.15) is 30.0 Å². The van der Waals surface area contributed by atoms with E-state index in [1.54, 1.807) is 40.9 Å². The Hall–Kier alpha value is -4.58. The molecule has 1 atom stereocenters. The van der Waals surface area contributed by atoms with Gasteiger partial charge in [-0.25, -0.2) is 28.2 Å². The minimum Gasteiger partial charge on any atom is -0.493 e. The summed E-state index contributed by atoms with van der Waals surface area (Å²) in [5.74, 6) is -0.833. The number of aryl methyl sites for hydroxylation is 1. The molecule has 40 heavy (non-hydrogen) atoms. The molecule has 12 heteroatoms. The average molecular weight is 548 g/mol. The molecule has 6 rings (SSSR count). The Morgan fingerprint density at radius 3 is 2.67 bits per heavy atom. The molecule has 1 fully saturated rings. The molecule has 1 aliphatic rings. The number of aromatic nitrogens is 5. The van der Waals surface area contributed by atoms with Crippen LogP contribution in [0.2, 0.25) is 0 Å². The number of fused-ring (bicyclic) bond motifs is 2. The van der Waals surface area contributed by atoms with Gasteiger partial charge >= 0.3 is 0 Å². The molecule has 0 saturated carbocycles. The number of hydrogen-bond donors (Lipinski definition) is 1. The number of rotatable bonds is 7. The maximum Gasteiger partial charge on any atom is 0.296 e. The van der Waals surface area contributed by atoms with Gasteiger partial charge in [0.05, 0.1) is 24.6 Å². The van der Waals surface area contributed by atoms with Crippen LogP contribution in [0.4, 0.5) is 20.3 Å². The van der Waals surface area contributed by atoms with E-state index in [4.69, 9.17) is 14.2 Å². The monoisotopic (exact) mass is 547 g/mol. The van der Waals surface area contributed by atoms with Gasteiger partial charge in [0.2, 0.25) is 0 Å². The van der Waals surface area contributed by atoms with Crippen LogP contribution < -0.4 is 19.5 Å². The SMILES string of the molecule is COc1ccc2ncnc(Nc3ccc(Oc4ccn5ncnc5c4)c(C)c3)c2c1OC1CCN(C)CC1(F)F. The highest BCUT2D eigenvalue weighted by molar-refractivity contribution is 5.97. The number of anilines is 2. The van der Waals surface area contributed by atoms with E-state index in [1.807, 2.05) is 31.2 Å². The van der Waals surface area contributed by atoms with Gasteiger partial charge in [-0.1, -0.05) is 0 Å². The Morgan fingerprint density at radius 2 is 1.88 bits per heavy atom. The molecule has 2 aromatic carbocycles. The zero-order valence-electron chi connectivity index (χ0n) is 22.1. The van der Waals surface area contributed by atoms with Gasteiger partial charge < -0.3 is 24.4 Å². The molecule has 0 spiro atoms. The third-order valence-corrected chi connectivity index (χ3v) is 6.84. The summed E-state index contributed by atoms with van der Waals surface area (Å²) in [4.78, 5) is 14.5. The molecular formula is C28H27F2N7O3. The molecule has 1 saturated heterocycles. The largest absolute Gasteiger partial charge is 0.493 e. The number of methoxy groups -OCH3 is 1. The van der Waals surface area contributed by atoms with Gasteiger partial charge in [0.25, 0.3) is 5.92 Å². The smallest absolute Gasteiger partial charge is 0.296 e. The third-order valence-electron chi connectivity index (χ3n) is 6.84. The first-order valence-electron chi connectivity index (χ1n) is 12.7. The Morgan fingerprint density at radius 1 is 1.02 bits per heavy atom. The second-order valence-electron chi connectivity index (χ2n) is 9.74. The summed E-state index contributed by atoms with van der Waals surface area (Å²) in [5.41, 5.74) is 2.79. The lowest BCUT2D eigenvalue weighted by Crippen LogP contribution is -2.52. The summed E-state index contributed by atoms with van der Waals surface area (Å²) < 4.78 is 49.1. The lowest BCUT2D eigenvalue weighted by Gasteiger charge is -2.36. The minimum atomic E-state index is -3.03. The molecule has 3 aromatic heterocycles. The highest BCUT2D eigenvalue weighted by atomic mass is 19.3. The molecule has 4 heterocycles. The highest BCUT2D eigenvalue weighted by Crippen LogP contribution is 2.42. The van der Waals surface area contributed by atoms with E-state index in [0.29, 0.717) is 46.2 Å². The second kappa shape index (κ2) is 10.2. The van der Waals surface area contributed by atoms with Crippen molar-refractivity contribution in [3.63, 3.8) is 0 Å². The van der Waals surface area contributed by atoms with E-state index in [-0.39, 0.29) is 18.7 Å². The molecule has 1 unspecified atom stereocenters. The van der Waals surface area contributed by atoms with Gasteiger partial charge in [-0.15, -0.1) is 0 Å². The number of hydrogen-bond acceptors (Lipinski definition) is 9.